The molecule has 0 bridgehead atoms. The number of carbonyl (C=O) groups excluding carboxylic acids is 1. The van der Waals surface area contributed by atoms with Crippen LogP contribution in [0.5, 0.6) is 0 Å². The zero-order chi connectivity index (χ0) is 14.3. The van der Waals surface area contributed by atoms with Crippen LogP contribution in [0.1, 0.15) is 33.1 Å². The monoisotopic (exact) mass is 396 g/mol. The number of likely N-dealkylation sites (tertiary alicyclic amines) is 1. The number of piperidine rings is 1. The molecular weight excluding hydrogens is 367 g/mol. The second-order valence-electron chi connectivity index (χ2n) is 5.47. The predicted molar refractivity (Wildman–Crippen MR) is 94.7 cm³/mol. The number of hydrogen-bond acceptors (Lipinski definition) is 2. The predicted octanol–water partition coefficient (Wildman–Crippen LogP) is 1.78. The molecule has 1 saturated heterocycles. The summed E-state index contributed by atoms with van der Waals surface area (Å²) in [5.74, 6) is 1.81. The van der Waals surface area contributed by atoms with E-state index in [2.05, 4.69) is 29.1 Å². The van der Waals surface area contributed by atoms with Gasteiger partial charge in [-0.15, -0.1) is 24.0 Å². The third kappa shape index (κ3) is 6.76. The molecule has 0 saturated carbocycles. The van der Waals surface area contributed by atoms with Gasteiger partial charge < -0.3 is 15.1 Å². The zero-order valence-corrected chi connectivity index (χ0v) is 15.5. The first-order valence-corrected chi connectivity index (χ1v) is 7.28. The van der Waals surface area contributed by atoms with E-state index >= 15 is 0 Å². The lowest BCUT2D eigenvalue weighted by Crippen LogP contribution is -2.46. The third-order valence-corrected chi connectivity index (χ3v) is 3.38. The molecule has 0 aromatic heterocycles. The summed E-state index contributed by atoms with van der Waals surface area (Å²) in [6, 6.07) is 0. The van der Waals surface area contributed by atoms with E-state index in [1.807, 2.05) is 0 Å². The van der Waals surface area contributed by atoms with Gasteiger partial charge in [0.15, 0.2) is 5.96 Å². The Balaban J connectivity index is 0.00000361. The second kappa shape index (κ2) is 10.2. The van der Waals surface area contributed by atoms with E-state index in [1.54, 1.807) is 19.0 Å². The minimum absolute atomic E-state index is 0. The van der Waals surface area contributed by atoms with Crippen molar-refractivity contribution in [1.29, 1.82) is 0 Å². The Labute approximate surface area is 140 Å². The Morgan fingerprint density at radius 2 is 2.15 bits per heavy atom. The lowest BCUT2D eigenvalue weighted by atomic mass is 10.0. The van der Waals surface area contributed by atoms with Crippen LogP contribution in [0.3, 0.4) is 0 Å². The number of nitrogens with one attached hydrogen (secondary N) is 1. The van der Waals surface area contributed by atoms with Crippen LogP contribution in [0, 0.1) is 5.92 Å². The molecule has 0 spiro atoms. The highest BCUT2D eigenvalue weighted by Crippen LogP contribution is 2.15. The normalized spacial score (nSPS) is 19.3. The third-order valence-electron chi connectivity index (χ3n) is 3.38. The first-order valence-electron chi connectivity index (χ1n) is 7.28. The van der Waals surface area contributed by atoms with E-state index in [4.69, 9.17) is 0 Å². The molecular formula is C14H29IN4O. The smallest absolute Gasteiger partial charge is 0.223 e. The molecule has 1 unspecified atom stereocenters. The van der Waals surface area contributed by atoms with Crippen LogP contribution < -0.4 is 5.32 Å². The number of amides is 1. The van der Waals surface area contributed by atoms with Crippen LogP contribution in [0.15, 0.2) is 4.99 Å². The van der Waals surface area contributed by atoms with Gasteiger partial charge >= 0.3 is 0 Å². The number of rotatable bonds is 4. The first-order chi connectivity index (χ1) is 9.04. The fourth-order valence-electron chi connectivity index (χ4n) is 2.29. The molecule has 6 heteroatoms. The highest BCUT2D eigenvalue weighted by atomic mass is 127. The summed E-state index contributed by atoms with van der Waals surface area (Å²) in [5.41, 5.74) is 0. The van der Waals surface area contributed by atoms with Gasteiger partial charge in [0.1, 0.15) is 0 Å². The molecule has 1 atom stereocenters. The molecule has 1 aliphatic heterocycles. The van der Waals surface area contributed by atoms with Gasteiger partial charge in [0.25, 0.3) is 0 Å². The number of hydrogen-bond donors (Lipinski definition) is 1. The summed E-state index contributed by atoms with van der Waals surface area (Å²) in [6.07, 6.45) is 3.00. The van der Waals surface area contributed by atoms with Crippen LogP contribution in [-0.2, 0) is 4.79 Å². The van der Waals surface area contributed by atoms with Gasteiger partial charge in [0.05, 0.1) is 6.54 Å². The molecule has 118 valence electrons. The minimum Gasteiger partial charge on any atom is -0.357 e. The van der Waals surface area contributed by atoms with Crippen molar-refractivity contribution in [2.45, 2.75) is 33.1 Å². The van der Waals surface area contributed by atoms with Crippen molar-refractivity contribution in [3.05, 3.63) is 0 Å². The van der Waals surface area contributed by atoms with Crippen molar-refractivity contribution in [3.8, 4) is 0 Å². The summed E-state index contributed by atoms with van der Waals surface area (Å²) >= 11 is 0. The number of carbonyl (C=O) groups is 1. The summed E-state index contributed by atoms with van der Waals surface area (Å²) in [5, 5.41) is 3.33. The van der Waals surface area contributed by atoms with Gasteiger partial charge in [-0.25, -0.2) is 0 Å². The fraction of sp³-hybridized carbons (Fsp3) is 0.857. The van der Waals surface area contributed by atoms with Gasteiger partial charge in [-0.05, 0) is 25.7 Å². The molecule has 5 nitrogen and oxygen atoms in total. The van der Waals surface area contributed by atoms with Crippen molar-refractivity contribution in [1.82, 2.24) is 15.1 Å². The van der Waals surface area contributed by atoms with Crippen molar-refractivity contribution in [2.75, 3.05) is 40.3 Å². The maximum atomic E-state index is 11.5. The highest BCUT2D eigenvalue weighted by molar-refractivity contribution is 14.0. The number of nitrogens with zero attached hydrogens (tertiary/aromatic N) is 3. The van der Waals surface area contributed by atoms with E-state index in [9.17, 15) is 4.79 Å². The number of halogens is 1. The fourth-order valence-corrected chi connectivity index (χ4v) is 2.29. The maximum Gasteiger partial charge on any atom is 0.223 e. The molecule has 1 aliphatic rings. The van der Waals surface area contributed by atoms with Gasteiger partial charge in [-0.2, -0.15) is 0 Å². The lowest BCUT2D eigenvalue weighted by molar-refractivity contribution is -0.128. The SMILES string of the molecule is CCNC(=NCCC(=O)N(C)C)N1CCCC(C)C1.I. The number of guanidine groups is 1. The summed E-state index contributed by atoms with van der Waals surface area (Å²) < 4.78 is 0. The van der Waals surface area contributed by atoms with Crippen molar-refractivity contribution >= 4 is 35.8 Å². The van der Waals surface area contributed by atoms with Crippen LogP contribution in [-0.4, -0.2) is 61.9 Å². The molecule has 1 fully saturated rings. The van der Waals surface area contributed by atoms with Crippen LogP contribution in [0.25, 0.3) is 0 Å². The highest BCUT2D eigenvalue weighted by Gasteiger charge is 2.19. The van der Waals surface area contributed by atoms with Gasteiger partial charge in [-0.3, -0.25) is 9.79 Å². The molecule has 0 aromatic carbocycles. The van der Waals surface area contributed by atoms with Gasteiger partial charge in [-0.1, -0.05) is 6.92 Å². The summed E-state index contributed by atoms with van der Waals surface area (Å²) in [7, 11) is 3.56. The Bertz CT molecular complexity index is 320. The Morgan fingerprint density at radius 1 is 1.45 bits per heavy atom. The summed E-state index contributed by atoms with van der Waals surface area (Å²) in [4.78, 5) is 20.0. The van der Waals surface area contributed by atoms with Crippen LogP contribution in [0.4, 0.5) is 0 Å². The molecule has 20 heavy (non-hydrogen) atoms. The van der Waals surface area contributed by atoms with Gasteiger partial charge in [0, 0.05) is 40.2 Å². The van der Waals surface area contributed by atoms with E-state index < -0.39 is 0 Å². The van der Waals surface area contributed by atoms with E-state index in [1.165, 1.54) is 12.8 Å². The molecule has 1 amide bonds. The standard InChI is InChI=1S/C14H28N4O.HI/c1-5-15-14(16-9-8-13(19)17(3)4)18-10-6-7-12(2)11-18;/h12H,5-11H2,1-4H3,(H,15,16);1H. The lowest BCUT2D eigenvalue weighted by Gasteiger charge is -2.33. The van der Waals surface area contributed by atoms with Crippen LogP contribution >= 0.6 is 24.0 Å². The van der Waals surface area contributed by atoms with Crippen molar-refractivity contribution in [2.24, 2.45) is 10.9 Å². The van der Waals surface area contributed by atoms with E-state index in [0.29, 0.717) is 13.0 Å². The van der Waals surface area contributed by atoms with E-state index in [0.717, 1.165) is 31.5 Å². The minimum atomic E-state index is 0. The average molecular weight is 396 g/mol. The quantitative estimate of drug-likeness (QED) is 0.448. The number of aliphatic imine (C=N–C) groups is 1. The second-order valence-corrected chi connectivity index (χ2v) is 5.47. The van der Waals surface area contributed by atoms with Crippen LogP contribution in [0.2, 0.25) is 0 Å². The van der Waals surface area contributed by atoms with Crippen molar-refractivity contribution < 1.29 is 4.79 Å². The maximum absolute atomic E-state index is 11.5. The molecule has 1 heterocycles. The first kappa shape index (κ1) is 19.5. The Hall–Kier alpha value is -0.530. The summed E-state index contributed by atoms with van der Waals surface area (Å²) in [6.45, 7) is 7.92. The Kier molecular flexibility index (Phi) is 9.96. The molecule has 0 aromatic rings. The molecule has 0 radical (unpaired) electrons. The molecule has 1 rings (SSSR count). The van der Waals surface area contributed by atoms with Crippen molar-refractivity contribution in [3.63, 3.8) is 0 Å². The van der Waals surface area contributed by atoms with E-state index in [-0.39, 0.29) is 29.9 Å². The topological polar surface area (TPSA) is 47.9 Å². The largest absolute Gasteiger partial charge is 0.357 e. The molecule has 1 N–H and O–H groups in total. The zero-order valence-electron chi connectivity index (χ0n) is 13.2. The average Bonchev–Trinajstić information content (AvgIpc) is 2.37. The Morgan fingerprint density at radius 3 is 2.70 bits per heavy atom. The van der Waals surface area contributed by atoms with Gasteiger partial charge in [0.2, 0.25) is 5.91 Å². The molecule has 0 aliphatic carbocycles.